The third-order valence-corrected chi connectivity index (χ3v) is 3.70. The van der Waals surface area contributed by atoms with Crippen molar-refractivity contribution in [1.82, 2.24) is 20.2 Å². The number of hydrogen-bond donors (Lipinski definition) is 2. The molecular weight excluding hydrogens is 309 g/mol. The zero-order chi connectivity index (χ0) is 16.1. The molecule has 0 aliphatic heterocycles. The lowest BCUT2D eigenvalue weighted by atomic mass is 10.2. The molecule has 0 spiro atoms. The summed E-state index contributed by atoms with van der Waals surface area (Å²) in [7, 11) is 0. The molecule has 0 unspecified atom stereocenters. The molecule has 0 aliphatic carbocycles. The number of aromatic nitrogens is 3. The maximum Gasteiger partial charge on any atom is 0.294 e. The van der Waals surface area contributed by atoms with Crippen LogP contribution in [0, 0.1) is 12.7 Å². The molecular formula is C13H14FN5O2S. The van der Waals surface area contributed by atoms with Crippen LogP contribution in [-0.4, -0.2) is 26.5 Å². The van der Waals surface area contributed by atoms with E-state index in [0.717, 1.165) is 22.0 Å². The fourth-order valence-corrected chi connectivity index (χ4v) is 2.24. The van der Waals surface area contributed by atoms with E-state index < -0.39 is 5.56 Å². The fourth-order valence-electron chi connectivity index (χ4n) is 1.55. The molecule has 1 heterocycles. The molecule has 7 nitrogen and oxygen atoms in total. The van der Waals surface area contributed by atoms with Gasteiger partial charge in [-0.15, -0.1) is 10.2 Å². The summed E-state index contributed by atoms with van der Waals surface area (Å²) in [5.41, 5.74) is 0.516. The van der Waals surface area contributed by atoms with Crippen molar-refractivity contribution in [1.29, 1.82) is 0 Å². The number of carbonyl (C=O) groups is 1. The lowest BCUT2D eigenvalue weighted by Crippen LogP contribution is -2.33. The molecule has 22 heavy (non-hydrogen) atoms. The highest BCUT2D eigenvalue weighted by Gasteiger charge is 2.10. The van der Waals surface area contributed by atoms with E-state index in [4.69, 9.17) is 5.84 Å². The van der Waals surface area contributed by atoms with Crippen LogP contribution in [0.3, 0.4) is 0 Å². The number of nitrogens with two attached hydrogens (primary N) is 1. The van der Waals surface area contributed by atoms with Gasteiger partial charge >= 0.3 is 0 Å². The second kappa shape index (κ2) is 7.03. The van der Waals surface area contributed by atoms with Gasteiger partial charge in [0.2, 0.25) is 11.1 Å². The van der Waals surface area contributed by atoms with Crippen LogP contribution in [0.2, 0.25) is 0 Å². The van der Waals surface area contributed by atoms with Gasteiger partial charge in [0.25, 0.3) is 5.56 Å². The van der Waals surface area contributed by atoms with Crippen molar-refractivity contribution in [2.45, 2.75) is 18.6 Å². The molecule has 0 atom stereocenters. The molecule has 0 aliphatic rings. The van der Waals surface area contributed by atoms with Gasteiger partial charge < -0.3 is 11.2 Å². The number of hydrogen-bond acceptors (Lipinski definition) is 6. The number of rotatable bonds is 5. The molecule has 0 saturated carbocycles. The Bertz CT molecular complexity index is 732. The van der Waals surface area contributed by atoms with E-state index in [-0.39, 0.29) is 34.9 Å². The van der Waals surface area contributed by atoms with Gasteiger partial charge in [0.15, 0.2) is 0 Å². The number of carbonyl (C=O) groups excluding carboxylic acids is 1. The summed E-state index contributed by atoms with van der Waals surface area (Å²) >= 11 is 1.01. The van der Waals surface area contributed by atoms with Crippen molar-refractivity contribution in [2.75, 3.05) is 11.6 Å². The Morgan fingerprint density at radius 1 is 1.36 bits per heavy atom. The summed E-state index contributed by atoms with van der Waals surface area (Å²) in [5.74, 6) is 5.01. The maximum absolute atomic E-state index is 12.7. The first-order valence-electron chi connectivity index (χ1n) is 6.32. The van der Waals surface area contributed by atoms with Crippen molar-refractivity contribution in [3.05, 3.63) is 51.7 Å². The number of nitrogen functional groups attached to an aromatic ring is 1. The summed E-state index contributed by atoms with van der Waals surface area (Å²) in [6.07, 6.45) is 0. The Morgan fingerprint density at radius 2 is 2.05 bits per heavy atom. The lowest BCUT2D eigenvalue weighted by molar-refractivity contribution is -0.118. The molecule has 0 radical (unpaired) electrons. The molecule has 1 aromatic carbocycles. The smallest absolute Gasteiger partial charge is 0.294 e. The average molecular weight is 323 g/mol. The first-order chi connectivity index (χ1) is 10.5. The quantitative estimate of drug-likeness (QED) is 0.602. The number of aryl methyl sites for hydroxylation is 1. The molecule has 1 aromatic heterocycles. The fraction of sp³-hybridized carbons (Fsp3) is 0.231. The molecule has 0 fully saturated rings. The Kier molecular flexibility index (Phi) is 5.10. The second-order valence-corrected chi connectivity index (χ2v) is 5.38. The van der Waals surface area contributed by atoms with Crippen molar-refractivity contribution in [3.8, 4) is 0 Å². The van der Waals surface area contributed by atoms with Crippen molar-refractivity contribution >= 4 is 17.7 Å². The van der Waals surface area contributed by atoms with Gasteiger partial charge in [0.05, 0.1) is 5.75 Å². The highest BCUT2D eigenvalue weighted by Crippen LogP contribution is 2.10. The minimum atomic E-state index is -0.454. The number of nitrogens with zero attached hydrogens (tertiary/aromatic N) is 3. The van der Waals surface area contributed by atoms with Gasteiger partial charge in [-0.2, -0.15) is 4.68 Å². The molecule has 3 N–H and O–H groups in total. The minimum Gasteiger partial charge on any atom is -0.351 e. The first kappa shape index (κ1) is 16.0. The predicted molar refractivity (Wildman–Crippen MR) is 80.2 cm³/mol. The molecule has 2 rings (SSSR count). The summed E-state index contributed by atoms with van der Waals surface area (Å²) in [4.78, 5) is 23.3. The number of benzene rings is 1. The number of thioether (sulfide) groups is 1. The molecule has 0 saturated heterocycles. The summed E-state index contributed by atoms with van der Waals surface area (Å²) in [6, 6.07) is 5.83. The number of halogens is 1. The van der Waals surface area contributed by atoms with E-state index >= 15 is 0 Å². The van der Waals surface area contributed by atoms with Crippen LogP contribution in [-0.2, 0) is 11.3 Å². The van der Waals surface area contributed by atoms with E-state index in [1.807, 2.05) is 0 Å². The second-order valence-electron chi connectivity index (χ2n) is 4.44. The third-order valence-electron chi connectivity index (χ3n) is 2.76. The van der Waals surface area contributed by atoms with E-state index in [9.17, 15) is 14.0 Å². The Labute approximate surface area is 129 Å². The van der Waals surface area contributed by atoms with Crippen molar-refractivity contribution in [2.24, 2.45) is 0 Å². The monoisotopic (exact) mass is 323 g/mol. The molecule has 2 aromatic rings. The zero-order valence-corrected chi connectivity index (χ0v) is 12.6. The van der Waals surface area contributed by atoms with Crippen LogP contribution in [0.4, 0.5) is 4.39 Å². The average Bonchev–Trinajstić information content (AvgIpc) is 2.51. The van der Waals surface area contributed by atoms with Crippen molar-refractivity contribution in [3.63, 3.8) is 0 Å². The van der Waals surface area contributed by atoms with E-state index in [1.165, 1.54) is 19.1 Å². The van der Waals surface area contributed by atoms with E-state index in [1.54, 1.807) is 12.1 Å². The number of nitrogens with one attached hydrogen (secondary N) is 1. The maximum atomic E-state index is 12.7. The standard InChI is InChI=1S/C13H14FN5O2S/c1-8-12(21)19(15)13(18-17-8)22-7-11(20)16-6-9-2-4-10(14)5-3-9/h2-5H,6-7,15H2,1H3,(H,16,20). The van der Waals surface area contributed by atoms with Gasteiger partial charge in [0.1, 0.15) is 11.5 Å². The van der Waals surface area contributed by atoms with E-state index in [2.05, 4.69) is 15.5 Å². The van der Waals surface area contributed by atoms with Crippen LogP contribution >= 0.6 is 11.8 Å². The highest BCUT2D eigenvalue weighted by atomic mass is 32.2. The minimum absolute atomic E-state index is 0.0373. The lowest BCUT2D eigenvalue weighted by Gasteiger charge is -2.07. The third kappa shape index (κ3) is 4.04. The highest BCUT2D eigenvalue weighted by molar-refractivity contribution is 7.99. The Morgan fingerprint density at radius 3 is 2.73 bits per heavy atom. The van der Waals surface area contributed by atoms with Gasteiger partial charge in [-0.1, -0.05) is 23.9 Å². The molecule has 9 heteroatoms. The van der Waals surface area contributed by atoms with Crippen molar-refractivity contribution < 1.29 is 9.18 Å². The molecule has 1 amide bonds. The van der Waals surface area contributed by atoms with Gasteiger partial charge in [0, 0.05) is 6.54 Å². The topological polar surface area (TPSA) is 103 Å². The van der Waals surface area contributed by atoms with Crippen LogP contribution in [0.5, 0.6) is 0 Å². The van der Waals surface area contributed by atoms with Crippen LogP contribution in [0.1, 0.15) is 11.3 Å². The predicted octanol–water partition coefficient (Wildman–Crippen LogP) is 0.208. The molecule has 116 valence electrons. The van der Waals surface area contributed by atoms with Gasteiger partial charge in [-0.3, -0.25) is 9.59 Å². The summed E-state index contributed by atoms with van der Waals surface area (Å²) in [6.45, 7) is 1.79. The number of amides is 1. The van der Waals surface area contributed by atoms with Crippen LogP contribution in [0.15, 0.2) is 34.2 Å². The SMILES string of the molecule is Cc1nnc(SCC(=O)NCc2ccc(F)cc2)n(N)c1=O. The van der Waals surface area contributed by atoms with E-state index in [0.29, 0.717) is 0 Å². The van der Waals surface area contributed by atoms with Crippen LogP contribution in [0.25, 0.3) is 0 Å². The molecule has 0 bridgehead atoms. The van der Waals surface area contributed by atoms with Gasteiger partial charge in [-0.05, 0) is 24.6 Å². The normalized spacial score (nSPS) is 10.5. The summed E-state index contributed by atoms with van der Waals surface area (Å²) in [5, 5.41) is 10.3. The zero-order valence-electron chi connectivity index (χ0n) is 11.7. The summed E-state index contributed by atoms with van der Waals surface area (Å²) < 4.78 is 13.6. The Balaban J connectivity index is 1.87. The largest absolute Gasteiger partial charge is 0.351 e. The Hall–Kier alpha value is -2.42. The first-order valence-corrected chi connectivity index (χ1v) is 7.31. The van der Waals surface area contributed by atoms with Gasteiger partial charge in [-0.25, -0.2) is 4.39 Å². The van der Waals surface area contributed by atoms with Crippen LogP contribution < -0.4 is 16.7 Å².